The molecule has 0 spiro atoms. The average molecular weight is 526 g/mol. The van der Waals surface area contributed by atoms with E-state index in [-0.39, 0.29) is 16.9 Å². The van der Waals surface area contributed by atoms with Gasteiger partial charge in [-0.3, -0.25) is 0 Å². The Morgan fingerprint density at radius 1 is 0.919 bits per heavy atom. The molecule has 0 fully saturated rings. The first-order valence-corrected chi connectivity index (χ1v) is 10.2. The monoisotopic (exact) mass is 526 g/mol. The zero-order valence-corrected chi connectivity index (χ0v) is 18.2. The maximum atomic E-state index is 14.9. The molecule has 0 saturated carbocycles. The summed E-state index contributed by atoms with van der Waals surface area (Å²) in [6.45, 7) is -3.68. The standard InChI is InChI=1S/C23H17F3O11/c24-16-15(22(34)35)14(21(37-23(25)26)19(33)18(16)32)9-5-8-10(28)3-7(27)4-13(8)36-20(9)6-1-11(29)17(31)12(30)2-6/h1-4,9,20,23,27-33H,5H2,(H,34,35)/t9?,20-/m0/s1. The average Bonchev–Trinajstić information content (AvgIpc) is 2.81. The van der Waals surface area contributed by atoms with Gasteiger partial charge in [-0.25, -0.2) is 9.18 Å². The zero-order chi connectivity index (χ0) is 27.3. The summed E-state index contributed by atoms with van der Waals surface area (Å²) in [6, 6.07) is 3.67. The Morgan fingerprint density at radius 3 is 2.11 bits per heavy atom. The summed E-state index contributed by atoms with van der Waals surface area (Å²) < 4.78 is 51.5. The summed E-state index contributed by atoms with van der Waals surface area (Å²) in [7, 11) is 0. The van der Waals surface area contributed by atoms with E-state index in [1.807, 2.05) is 0 Å². The van der Waals surface area contributed by atoms with E-state index >= 15 is 0 Å². The molecule has 196 valence electrons. The fraction of sp³-hybridized carbons (Fsp3) is 0.174. The van der Waals surface area contributed by atoms with E-state index in [0.717, 1.165) is 24.3 Å². The van der Waals surface area contributed by atoms with Crippen LogP contribution in [0.4, 0.5) is 13.2 Å². The molecular weight excluding hydrogens is 509 g/mol. The number of ether oxygens (including phenoxy) is 2. The lowest BCUT2D eigenvalue weighted by Crippen LogP contribution is -2.27. The maximum Gasteiger partial charge on any atom is 0.387 e. The van der Waals surface area contributed by atoms with Gasteiger partial charge in [0.25, 0.3) is 0 Å². The number of carbonyl (C=O) groups is 1. The Kier molecular flexibility index (Phi) is 6.11. The van der Waals surface area contributed by atoms with Crippen molar-refractivity contribution < 1.29 is 68.3 Å². The van der Waals surface area contributed by atoms with Crippen LogP contribution in [0.1, 0.15) is 39.1 Å². The number of aromatic carboxylic acids is 1. The van der Waals surface area contributed by atoms with E-state index in [2.05, 4.69) is 4.74 Å². The van der Waals surface area contributed by atoms with Gasteiger partial charge in [0.15, 0.2) is 34.6 Å². The highest BCUT2D eigenvalue weighted by atomic mass is 19.3. The van der Waals surface area contributed by atoms with E-state index < -0.39 is 94.0 Å². The van der Waals surface area contributed by atoms with Crippen LogP contribution in [-0.2, 0) is 6.42 Å². The molecule has 4 rings (SSSR count). The molecule has 0 amide bonds. The molecule has 11 nitrogen and oxygen atoms in total. The minimum absolute atomic E-state index is 0.0985. The molecule has 3 aromatic rings. The van der Waals surface area contributed by atoms with E-state index in [9.17, 15) is 58.8 Å². The van der Waals surface area contributed by atoms with Gasteiger partial charge in [-0.2, -0.15) is 8.78 Å². The molecule has 2 atom stereocenters. The van der Waals surface area contributed by atoms with Crippen molar-refractivity contribution in [3.63, 3.8) is 0 Å². The van der Waals surface area contributed by atoms with Crippen molar-refractivity contribution in [2.24, 2.45) is 0 Å². The summed E-state index contributed by atoms with van der Waals surface area (Å²) >= 11 is 0. The second-order valence-corrected chi connectivity index (χ2v) is 8.01. The Balaban J connectivity index is 2.08. The van der Waals surface area contributed by atoms with Crippen LogP contribution < -0.4 is 9.47 Å². The van der Waals surface area contributed by atoms with Gasteiger partial charge in [0.1, 0.15) is 28.9 Å². The Bertz CT molecular complexity index is 1400. The number of hydrogen-bond acceptors (Lipinski definition) is 10. The third kappa shape index (κ3) is 4.22. The molecule has 1 aliphatic rings. The molecule has 0 aliphatic carbocycles. The van der Waals surface area contributed by atoms with Gasteiger partial charge in [-0.05, 0) is 18.6 Å². The summed E-state index contributed by atoms with van der Waals surface area (Å²) in [5.74, 6) is -14.0. The van der Waals surface area contributed by atoms with Gasteiger partial charge in [-0.15, -0.1) is 0 Å². The SMILES string of the molecule is O=C(O)c1c(F)c(O)c(O)c(OC(F)F)c1C1Cc2c(O)cc(O)cc2O[C@H]1c1cc(O)c(O)c(O)c1. The Morgan fingerprint density at radius 2 is 1.54 bits per heavy atom. The number of carboxylic acids is 1. The van der Waals surface area contributed by atoms with Crippen molar-refractivity contribution in [3.05, 3.63) is 52.3 Å². The van der Waals surface area contributed by atoms with Gasteiger partial charge in [-0.1, -0.05) is 0 Å². The van der Waals surface area contributed by atoms with Crippen LogP contribution in [0, 0.1) is 5.82 Å². The Labute approximate surface area is 204 Å². The van der Waals surface area contributed by atoms with E-state index in [1.165, 1.54) is 0 Å². The number of fused-ring (bicyclic) bond motifs is 1. The normalized spacial score (nSPS) is 16.8. The van der Waals surface area contributed by atoms with Crippen molar-refractivity contribution >= 4 is 5.97 Å². The predicted octanol–water partition coefficient (Wildman–Crippen LogP) is 3.52. The molecule has 0 saturated heterocycles. The van der Waals surface area contributed by atoms with E-state index in [1.54, 1.807) is 0 Å². The number of rotatable bonds is 5. The van der Waals surface area contributed by atoms with Crippen molar-refractivity contribution in [1.29, 1.82) is 0 Å². The predicted molar refractivity (Wildman–Crippen MR) is 114 cm³/mol. The highest BCUT2D eigenvalue weighted by Crippen LogP contribution is 2.55. The first-order chi connectivity index (χ1) is 17.3. The number of carboxylic acid groups (broad SMARTS) is 1. The first-order valence-electron chi connectivity index (χ1n) is 10.2. The molecular formula is C23H17F3O11. The molecule has 0 radical (unpaired) electrons. The fourth-order valence-electron chi connectivity index (χ4n) is 4.28. The number of phenolic OH excluding ortho intramolecular Hbond substituents is 7. The van der Waals surface area contributed by atoms with Crippen LogP contribution in [0.3, 0.4) is 0 Å². The quantitative estimate of drug-likeness (QED) is 0.226. The van der Waals surface area contributed by atoms with Gasteiger partial charge < -0.3 is 50.3 Å². The van der Waals surface area contributed by atoms with E-state index in [4.69, 9.17) is 4.74 Å². The van der Waals surface area contributed by atoms with Gasteiger partial charge in [0, 0.05) is 34.7 Å². The van der Waals surface area contributed by atoms with Crippen LogP contribution in [0.15, 0.2) is 24.3 Å². The summed E-state index contributed by atoms with van der Waals surface area (Å²) in [5.41, 5.74) is -2.61. The number of benzene rings is 3. The molecule has 1 unspecified atom stereocenters. The lowest BCUT2D eigenvalue weighted by atomic mass is 9.79. The Hall–Kier alpha value is -4.88. The minimum atomic E-state index is -3.68. The first kappa shape index (κ1) is 25.2. The third-order valence-corrected chi connectivity index (χ3v) is 5.81. The molecule has 8 N–H and O–H groups in total. The second-order valence-electron chi connectivity index (χ2n) is 8.01. The number of aromatic hydroxyl groups is 7. The second kappa shape index (κ2) is 8.96. The lowest BCUT2D eigenvalue weighted by molar-refractivity contribution is -0.0528. The van der Waals surface area contributed by atoms with Crippen molar-refractivity contribution in [1.82, 2.24) is 0 Å². The van der Waals surface area contributed by atoms with Gasteiger partial charge in [0.2, 0.25) is 5.75 Å². The number of phenols is 7. The largest absolute Gasteiger partial charge is 0.508 e. The van der Waals surface area contributed by atoms with Crippen LogP contribution in [0.25, 0.3) is 0 Å². The number of alkyl halides is 2. The van der Waals surface area contributed by atoms with Crippen molar-refractivity contribution in [2.45, 2.75) is 25.1 Å². The van der Waals surface area contributed by atoms with Crippen LogP contribution in [-0.4, -0.2) is 53.4 Å². The molecule has 1 heterocycles. The van der Waals surface area contributed by atoms with E-state index in [0.29, 0.717) is 0 Å². The highest BCUT2D eigenvalue weighted by molar-refractivity contribution is 5.93. The highest BCUT2D eigenvalue weighted by Gasteiger charge is 2.42. The fourth-order valence-corrected chi connectivity index (χ4v) is 4.28. The zero-order valence-electron chi connectivity index (χ0n) is 18.2. The lowest BCUT2D eigenvalue weighted by Gasteiger charge is -2.36. The molecule has 0 bridgehead atoms. The van der Waals surface area contributed by atoms with Crippen LogP contribution in [0.2, 0.25) is 0 Å². The number of halogens is 3. The van der Waals surface area contributed by atoms with Crippen molar-refractivity contribution in [2.75, 3.05) is 0 Å². The summed E-state index contributed by atoms with van der Waals surface area (Å²) in [5, 5.41) is 79.7. The minimum Gasteiger partial charge on any atom is -0.508 e. The van der Waals surface area contributed by atoms with Crippen molar-refractivity contribution in [3.8, 4) is 51.7 Å². The molecule has 3 aromatic carbocycles. The number of hydrogen-bond donors (Lipinski definition) is 8. The van der Waals surface area contributed by atoms with Gasteiger partial charge >= 0.3 is 12.6 Å². The van der Waals surface area contributed by atoms with Gasteiger partial charge in [0.05, 0.1) is 0 Å². The summed E-state index contributed by atoms with van der Waals surface area (Å²) in [4.78, 5) is 12.0. The molecule has 0 aromatic heterocycles. The summed E-state index contributed by atoms with van der Waals surface area (Å²) in [6.07, 6.45) is -2.12. The third-order valence-electron chi connectivity index (χ3n) is 5.81. The molecule has 37 heavy (non-hydrogen) atoms. The maximum absolute atomic E-state index is 14.9. The molecule has 1 aliphatic heterocycles. The smallest absolute Gasteiger partial charge is 0.387 e. The topological polar surface area (TPSA) is 197 Å². The van der Waals surface area contributed by atoms with Crippen LogP contribution in [0.5, 0.6) is 51.7 Å². The van der Waals surface area contributed by atoms with Crippen LogP contribution >= 0.6 is 0 Å². The molecule has 14 heteroatoms.